The highest BCUT2D eigenvalue weighted by Crippen LogP contribution is 2.26. The number of anilines is 2. The van der Waals surface area contributed by atoms with Crippen LogP contribution < -0.4 is 10.2 Å². The van der Waals surface area contributed by atoms with Crippen molar-refractivity contribution in [2.45, 2.75) is 34.6 Å². The van der Waals surface area contributed by atoms with Gasteiger partial charge in [0.25, 0.3) is 0 Å². The zero-order valence-electron chi connectivity index (χ0n) is 14.7. The van der Waals surface area contributed by atoms with E-state index in [0.717, 1.165) is 11.3 Å². The van der Waals surface area contributed by atoms with Crippen LogP contribution >= 0.6 is 0 Å². The van der Waals surface area contributed by atoms with Crippen molar-refractivity contribution in [1.29, 1.82) is 0 Å². The Balaban J connectivity index is 2.22. The molecule has 24 heavy (non-hydrogen) atoms. The third kappa shape index (κ3) is 3.64. The lowest BCUT2D eigenvalue weighted by Crippen LogP contribution is -2.47. The van der Waals surface area contributed by atoms with E-state index in [-0.39, 0.29) is 5.91 Å². The number of amides is 2. The number of nitrogens with one attached hydrogen (secondary N) is 1. The van der Waals surface area contributed by atoms with E-state index < -0.39 is 11.3 Å². The summed E-state index contributed by atoms with van der Waals surface area (Å²) in [5.41, 5.74) is 0.590. The molecule has 0 aliphatic heterocycles. The maximum absolute atomic E-state index is 13.0. The molecule has 1 N–H and O–H groups in total. The summed E-state index contributed by atoms with van der Waals surface area (Å²) < 4.78 is 4.93. The molecule has 0 aliphatic rings. The van der Waals surface area contributed by atoms with Gasteiger partial charge in [0.1, 0.15) is 11.2 Å². The zero-order chi connectivity index (χ0) is 17.9. The fourth-order valence-corrected chi connectivity index (χ4v) is 2.37. The van der Waals surface area contributed by atoms with Gasteiger partial charge in [0, 0.05) is 18.3 Å². The van der Waals surface area contributed by atoms with Crippen LogP contribution in [0.5, 0.6) is 0 Å². The van der Waals surface area contributed by atoms with Crippen LogP contribution in [0.4, 0.5) is 11.5 Å². The maximum Gasteiger partial charge on any atom is 0.242 e. The highest BCUT2D eigenvalue weighted by Gasteiger charge is 2.39. The van der Waals surface area contributed by atoms with Crippen LogP contribution in [-0.4, -0.2) is 23.5 Å². The van der Waals surface area contributed by atoms with Gasteiger partial charge in [-0.2, -0.15) is 0 Å². The quantitative estimate of drug-likeness (QED) is 0.854. The van der Waals surface area contributed by atoms with Gasteiger partial charge in [0.15, 0.2) is 5.82 Å². The second kappa shape index (κ2) is 6.86. The molecular weight excluding hydrogens is 306 g/mol. The molecule has 128 valence electrons. The van der Waals surface area contributed by atoms with Crippen molar-refractivity contribution in [3.8, 4) is 0 Å². The first-order valence-corrected chi connectivity index (χ1v) is 7.89. The molecule has 0 radical (unpaired) electrons. The average Bonchev–Trinajstić information content (AvgIpc) is 2.93. The van der Waals surface area contributed by atoms with Crippen LogP contribution in [0.3, 0.4) is 0 Å². The second-order valence-corrected chi connectivity index (χ2v) is 6.29. The molecule has 6 heteroatoms. The van der Waals surface area contributed by atoms with E-state index in [9.17, 15) is 9.59 Å². The number of carbonyl (C=O) groups is 2. The van der Waals surface area contributed by atoms with Gasteiger partial charge in [-0.1, -0.05) is 17.3 Å². The summed E-state index contributed by atoms with van der Waals surface area (Å²) in [6, 6.07) is 9.26. The van der Waals surface area contributed by atoms with Crippen molar-refractivity contribution < 1.29 is 14.1 Å². The van der Waals surface area contributed by atoms with Gasteiger partial charge >= 0.3 is 0 Å². The molecule has 0 bridgehead atoms. The molecule has 1 aromatic heterocycles. The third-order valence-electron chi connectivity index (χ3n) is 3.85. The van der Waals surface area contributed by atoms with Crippen molar-refractivity contribution in [3.05, 3.63) is 41.7 Å². The van der Waals surface area contributed by atoms with Crippen molar-refractivity contribution in [3.63, 3.8) is 0 Å². The molecule has 0 atom stereocenters. The average molecular weight is 329 g/mol. The summed E-state index contributed by atoms with van der Waals surface area (Å²) in [4.78, 5) is 27.1. The van der Waals surface area contributed by atoms with E-state index >= 15 is 0 Å². The Morgan fingerprint density at radius 2 is 1.96 bits per heavy atom. The molecule has 2 amide bonds. The minimum Gasteiger partial charge on any atom is -0.360 e. The Hall–Kier alpha value is -2.63. The lowest BCUT2D eigenvalue weighted by molar-refractivity contribution is -0.136. The van der Waals surface area contributed by atoms with Crippen LogP contribution in [0.15, 0.2) is 34.9 Å². The van der Waals surface area contributed by atoms with Crippen LogP contribution in [0, 0.1) is 19.3 Å². The van der Waals surface area contributed by atoms with Crippen molar-refractivity contribution >= 4 is 23.3 Å². The molecule has 0 spiro atoms. The van der Waals surface area contributed by atoms with E-state index in [2.05, 4.69) is 10.5 Å². The number of benzene rings is 1. The molecular formula is C18H23N3O3. The Morgan fingerprint density at radius 3 is 2.50 bits per heavy atom. The van der Waals surface area contributed by atoms with Gasteiger partial charge in [-0.05, 0) is 52.3 Å². The molecule has 0 unspecified atom stereocenters. The van der Waals surface area contributed by atoms with Gasteiger partial charge in [-0.15, -0.1) is 0 Å². The number of nitrogens with zero attached hydrogens (tertiary/aromatic N) is 2. The zero-order valence-corrected chi connectivity index (χ0v) is 14.7. The summed E-state index contributed by atoms with van der Waals surface area (Å²) in [6.07, 6.45) is 0. The first-order valence-electron chi connectivity index (χ1n) is 7.89. The van der Waals surface area contributed by atoms with Gasteiger partial charge in [-0.3, -0.25) is 9.59 Å². The highest BCUT2D eigenvalue weighted by molar-refractivity contribution is 6.14. The van der Waals surface area contributed by atoms with Gasteiger partial charge in [-0.25, -0.2) is 0 Å². The number of aromatic nitrogens is 1. The van der Waals surface area contributed by atoms with Crippen LogP contribution in [-0.2, 0) is 9.59 Å². The summed E-state index contributed by atoms with van der Waals surface area (Å²) in [7, 11) is 0. The molecule has 1 heterocycles. The molecule has 0 aliphatic carbocycles. The summed E-state index contributed by atoms with van der Waals surface area (Å²) in [5.74, 6) is 0.196. The predicted octanol–water partition coefficient (Wildman–Crippen LogP) is 3.31. The van der Waals surface area contributed by atoms with E-state index in [4.69, 9.17) is 4.52 Å². The molecule has 6 nitrogen and oxygen atoms in total. The minimum atomic E-state index is -1.24. The number of carbonyl (C=O) groups excluding carboxylic acids is 2. The highest BCUT2D eigenvalue weighted by atomic mass is 16.5. The second-order valence-electron chi connectivity index (χ2n) is 6.29. The number of rotatable bonds is 5. The monoisotopic (exact) mass is 329 g/mol. The van der Waals surface area contributed by atoms with E-state index in [1.165, 1.54) is 0 Å². The standard InChI is InChI=1S/C18H23N3O3/c1-6-21(14-9-7-8-12(2)10-14)17(23)18(4,5)16(22)19-15-11-13(3)24-20-15/h7-11H,6H2,1-5H3,(H,19,20,22). The molecule has 0 saturated carbocycles. The van der Waals surface area contributed by atoms with E-state index in [1.54, 1.807) is 31.7 Å². The maximum atomic E-state index is 13.0. The Bertz CT molecular complexity index is 749. The molecule has 2 rings (SSSR count). The van der Waals surface area contributed by atoms with E-state index in [0.29, 0.717) is 18.1 Å². The number of hydrogen-bond donors (Lipinski definition) is 1. The smallest absolute Gasteiger partial charge is 0.242 e. The van der Waals surface area contributed by atoms with Crippen molar-refractivity contribution in [2.75, 3.05) is 16.8 Å². The lowest BCUT2D eigenvalue weighted by Gasteiger charge is -2.30. The Kier molecular flexibility index (Phi) is 5.07. The third-order valence-corrected chi connectivity index (χ3v) is 3.85. The van der Waals surface area contributed by atoms with Crippen molar-refractivity contribution in [1.82, 2.24) is 5.16 Å². The molecule has 2 aromatic rings. The minimum absolute atomic E-state index is 0.270. The summed E-state index contributed by atoms with van der Waals surface area (Å²) >= 11 is 0. The largest absolute Gasteiger partial charge is 0.360 e. The van der Waals surface area contributed by atoms with Crippen molar-refractivity contribution in [2.24, 2.45) is 5.41 Å². The van der Waals surface area contributed by atoms with Gasteiger partial charge in [0.2, 0.25) is 11.8 Å². The number of hydrogen-bond acceptors (Lipinski definition) is 4. The van der Waals surface area contributed by atoms with Crippen LogP contribution in [0.2, 0.25) is 0 Å². The predicted molar refractivity (Wildman–Crippen MR) is 92.9 cm³/mol. The van der Waals surface area contributed by atoms with E-state index in [1.807, 2.05) is 38.1 Å². The summed E-state index contributed by atoms with van der Waals surface area (Å²) in [5, 5.41) is 6.37. The molecule has 1 aromatic carbocycles. The first kappa shape index (κ1) is 17.7. The Labute approximate surface area is 141 Å². The van der Waals surface area contributed by atoms with Crippen LogP contribution in [0.25, 0.3) is 0 Å². The molecule has 0 saturated heterocycles. The summed E-state index contributed by atoms with van der Waals surface area (Å²) in [6.45, 7) is 9.27. The fraction of sp³-hybridized carbons (Fsp3) is 0.389. The lowest BCUT2D eigenvalue weighted by atomic mass is 9.90. The first-order chi connectivity index (χ1) is 11.3. The van der Waals surface area contributed by atoms with Gasteiger partial charge in [0.05, 0.1) is 0 Å². The van der Waals surface area contributed by atoms with Gasteiger partial charge < -0.3 is 14.7 Å². The number of aryl methyl sites for hydroxylation is 2. The SMILES string of the molecule is CCN(C(=O)C(C)(C)C(=O)Nc1cc(C)on1)c1cccc(C)c1. The normalized spacial score (nSPS) is 11.2. The fourth-order valence-electron chi connectivity index (χ4n) is 2.37. The topological polar surface area (TPSA) is 75.4 Å². The van der Waals surface area contributed by atoms with Crippen LogP contribution in [0.1, 0.15) is 32.1 Å². The Morgan fingerprint density at radius 1 is 1.25 bits per heavy atom. The molecule has 0 fully saturated rings.